The molecule has 0 aromatic heterocycles. The highest BCUT2D eigenvalue weighted by molar-refractivity contribution is 5.94. The van der Waals surface area contributed by atoms with Crippen molar-refractivity contribution >= 4 is 29.7 Å². The van der Waals surface area contributed by atoms with Gasteiger partial charge in [0.15, 0.2) is 5.96 Å². The molecule has 0 aliphatic heterocycles. The first-order valence-corrected chi connectivity index (χ1v) is 11.6. The number of benzene rings is 1. The van der Waals surface area contributed by atoms with Crippen molar-refractivity contribution in [1.29, 1.82) is 0 Å². The highest BCUT2D eigenvalue weighted by Gasteiger charge is 2.31. The van der Waals surface area contributed by atoms with Crippen LogP contribution in [0.4, 0.5) is 0 Å². The van der Waals surface area contributed by atoms with E-state index in [1.165, 1.54) is 0 Å². The summed E-state index contributed by atoms with van der Waals surface area (Å²) < 4.78 is 0. The van der Waals surface area contributed by atoms with Crippen LogP contribution < -0.4 is 33.2 Å². The zero-order valence-electron chi connectivity index (χ0n) is 20.5. The molecule has 200 valence electrons. The molecule has 3 amide bonds. The molecule has 0 bridgehead atoms. The molecule has 13 heteroatoms. The molecule has 0 fully saturated rings. The van der Waals surface area contributed by atoms with E-state index < -0.39 is 60.4 Å². The summed E-state index contributed by atoms with van der Waals surface area (Å²) in [4.78, 5) is 53.4. The van der Waals surface area contributed by atoms with E-state index in [1.807, 2.05) is 0 Å². The van der Waals surface area contributed by atoms with Gasteiger partial charge in [0, 0.05) is 13.0 Å². The van der Waals surface area contributed by atoms with Gasteiger partial charge >= 0.3 is 5.97 Å². The van der Waals surface area contributed by atoms with Crippen LogP contribution in [0.15, 0.2) is 35.3 Å². The van der Waals surface area contributed by atoms with Crippen LogP contribution in [0.5, 0.6) is 0 Å². The fraction of sp³-hybridized carbons (Fsp3) is 0.522. The van der Waals surface area contributed by atoms with Gasteiger partial charge in [-0.3, -0.25) is 19.4 Å². The second-order valence-electron chi connectivity index (χ2n) is 8.62. The highest BCUT2D eigenvalue weighted by atomic mass is 16.4. The first-order valence-electron chi connectivity index (χ1n) is 11.6. The molecule has 1 aromatic rings. The molecule has 36 heavy (non-hydrogen) atoms. The number of aliphatic hydroxyl groups excluding tert-OH is 1. The van der Waals surface area contributed by atoms with Crippen molar-refractivity contribution in [2.75, 3.05) is 13.2 Å². The Morgan fingerprint density at radius 1 is 0.944 bits per heavy atom. The molecule has 13 nitrogen and oxygen atoms in total. The van der Waals surface area contributed by atoms with Crippen molar-refractivity contribution < 1.29 is 29.4 Å². The first kappa shape index (κ1) is 30.3. The molecule has 0 radical (unpaired) electrons. The molecule has 1 rings (SSSR count). The average molecular weight is 508 g/mol. The fourth-order valence-electron chi connectivity index (χ4n) is 3.22. The zero-order chi connectivity index (χ0) is 27.3. The SMILES string of the molecule is CC(C)[C@H](NC(=O)[C@H](CO)NC(=O)[C@@H](N)CCCN=C(N)N)C(=O)N[C@@H](Cc1ccccc1)C(=O)O. The van der Waals surface area contributed by atoms with Crippen LogP contribution in [-0.4, -0.2) is 77.2 Å². The second kappa shape index (κ2) is 15.3. The van der Waals surface area contributed by atoms with E-state index >= 15 is 0 Å². The van der Waals surface area contributed by atoms with Gasteiger partial charge in [0.05, 0.1) is 12.6 Å². The lowest BCUT2D eigenvalue weighted by atomic mass is 10.0. The van der Waals surface area contributed by atoms with E-state index in [9.17, 15) is 29.4 Å². The van der Waals surface area contributed by atoms with Crippen molar-refractivity contribution in [1.82, 2.24) is 16.0 Å². The number of hydrogen-bond acceptors (Lipinski definition) is 7. The third-order valence-electron chi connectivity index (χ3n) is 5.26. The molecule has 0 aliphatic rings. The molecule has 11 N–H and O–H groups in total. The number of hydrogen-bond donors (Lipinski definition) is 8. The number of carbonyl (C=O) groups excluding carboxylic acids is 3. The number of nitrogens with two attached hydrogens (primary N) is 3. The summed E-state index contributed by atoms with van der Waals surface area (Å²) in [6.07, 6.45) is 0.709. The standard InChI is InChI=1S/C23H37N7O6/c1-13(2)18(21(34)28-16(22(35)36)11-14-7-4-3-5-8-14)30-20(33)17(12-31)29-19(32)15(24)9-6-10-27-23(25)26/h3-5,7-8,13,15-18,31H,6,9-12,24H2,1-2H3,(H,28,34)(H,29,32)(H,30,33)(H,35,36)(H4,25,26,27)/t15-,16-,17-,18-/m0/s1. The molecule has 0 heterocycles. The smallest absolute Gasteiger partial charge is 0.326 e. The Hall–Kier alpha value is -3.71. The summed E-state index contributed by atoms with van der Waals surface area (Å²) >= 11 is 0. The summed E-state index contributed by atoms with van der Waals surface area (Å²) in [5.41, 5.74) is 17.0. The first-order chi connectivity index (χ1) is 17.0. The quantitative estimate of drug-likeness (QED) is 0.0729. The minimum absolute atomic E-state index is 0.0526. The van der Waals surface area contributed by atoms with Gasteiger partial charge in [-0.25, -0.2) is 4.79 Å². The Morgan fingerprint density at radius 3 is 2.08 bits per heavy atom. The van der Waals surface area contributed by atoms with Gasteiger partial charge in [0.2, 0.25) is 17.7 Å². The summed E-state index contributed by atoms with van der Waals surface area (Å²) in [6.45, 7) is 2.86. The molecule has 0 unspecified atom stereocenters. The van der Waals surface area contributed by atoms with E-state index in [2.05, 4.69) is 20.9 Å². The highest BCUT2D eigenvalue weighted by Crippen LogP contribution is 2.07. The molecule has 0 saturated carbocycles. The largest absolute Gasteiger partial charge is 0.480 e. The van der Waals surface area contributed by atoms with Gasteiger partial charge in [-0.1, -0.05) is 44.2 Å². The van der Waals surface area contributed by atoms with Crippen molar-refractivity contribution in [2.24, 2.45) is 28.1 Å². The Labute approximate surface area is 209 Å². The van der Waals surface area contributed by atoms with Gasteiger partial charge in [0.1, 0.15) is 18.1 Å². The molecular formula is C23H37N7O6. The lowest BCUT2D eigenvalue weighted by molar-refractivity contribution is -0.142. The minimum Gasteiger partial charge on any atom is -0.480 e. The van der Waals surface area contributed by atoms with Gasteiger partial charge < -0.3 is 43.4 Å². The summed E-state index contributed by atoms with van der Waals surface area (Å²) in [5, 5.41) is 26.5. The van der Waals surface area contributed by atoms with Crippen LogP contribution in [0.1, 0.15) is 32.3 Å². The molecule has 0 spiro atoms. The number of carboxylic acid groups (broad SMARTS) is 1. The third kappa shape index (κ3) is 10.7. The summed E-state index contributed by atoms with van der Waals surface area (Å²) in [7, 11) is 0. The number of guanidine groups is 1. The molecule has 0 saturated heterocycles. The maximum Gasteiger partial charge on any atom is 0.326 e. The van der Waals surface area contributed by atoms with E-state index in [1.54, 1.807) is 44.2 Å². The fourth-order valence-corrected chi connectivity index (χ4v) is 3.22. The number of rotatable bonds is 15. The number of nitrogens with zero attached hydrogens (tertiary/aromatic N) is 1. The predicted molar refractivity (Wildman–Crippen MR) is 133 cm³/mol. The van der Waals surface area contributed by atoms with Crippen LogP contribution >= 0.6 is 0 Å². The lowest BCUT2D eigenvalue weighted by Crippen LogP contribution is -2.59. The Morgan fingerprint density at radius 2 is 1.56 bits per heavy atom. The van der Waals surface area contributed by atoms with Gasteiger partial charge in [-0.05, 0) is 24.3 Å². The van der Waals surface area contributed by atoms with Crippen molar-refractivity contribution in [3.63, 3.8) is 0 Å². The molecule has 1 aromatic carbocycles. The molecular weight excluding hydrogens is 470 g/mol. The van der Waals surface area contributed by atoms with Crippen LogP contribution in [0.3, 0.4) is 0 Å². The molecule has 0 aliphatic carbocycles. The maximum absolute atomic E-state index is 12.9. The third-order valence-corrected chi connectivity index (χ3v) is 5.26. The number of carbonyl (C=O) groups is 4. The predicted octanol–water partition coefficient (Wildman–Crippen LogP) is -2.20. The number of amides is 3. The zero-order valence-corrected chi connectivity index (χ0v) is 20.5. The number of aliphatic hydroxyl groups is 1. The van der Waals surface area contributed by atoms with Crippen LogP contribution in [0.2, 0.25) is 0 Å². The van der Waals surface area contributed by atoms with Gasteiger partial charge in [-0.2, -0.15) is 0 Å². The molecule has 4 atom stereocenters. The number of carboxylic acids is 1. The summed E-state index contributed by atoms with van der Waals surface area (Å²) in [5.74, 6) is -3.93. The Bertz CT molecular complexity index is 905. The van der Waals surface area contributed by atoms with Crippen molar-refractivity contribution in [3.05, 3.63) is 35.9 Å². The van der Waals surface area contributed by atoms with Gasteiger partial charge in [-0.15, -0.1) is 0 Å². The lowest BCUT2D eigenvalue weighted by Gasteiger charge is -2.26. The van der Waals surface area contributed by atoms with Gasteiger partial charge in [0.25, 0.3) is 0 Å². The number of aliphatic carboxylic acids is 1. The van der Waals surface area contributed by atoms with Crippen molar-refractivity contribution in [2.45, 2.75) is 57.3 Å². The van der Waals surface area contributed by atoms with Crippen LogP contribution in [0.25, 0.3) is 0 Å². The van der Waals surface area contributed by atoms with E-state index in [4.69, 9.17) is 17.2 Å². The van der Waals surface area contributed by atoms with Crippen molar-refractivity contribution in [3.8, 4) is 0 Å². The second-order valence-corrected chi connectivity index (χ2v) is 8.62. The number of aliphatic imine (C=N–C) groups is 1. The topological polar surface area (TPSA) is 235 Å². The van der Waals surface area contributed by atoms with E-state index in [0.717, 1.165) is 0 Å². The van der Waals surface area contributed by atoms with Crippen LogP contribution in [-0.2, 0) is 25.6 Å². The van der Waals surface area contributed by atoms with E-state index in [0.29, 0.717) is 12.0 Å². The maximum atomic E-state index is 12.9. The summed E-state index contributed by atoms with van der Waals surface area (Å²) in [6, 6.07) is 4.11. The Kier molecular flexibility index (Phi) is 12.9. The minimum atomic E-state index is -1.37. The Balaban J connectivity index is 2.77. The van der Waals surface area contributed by atoms with Crippen LogP contribution in [0, 0.1) is 5.92 Å². The van der Waals surface area contributed by atoms with E-state index in [-0.39, 0.29) is 25.3 Å². The average Bonchev–Trinajstić information content (AvgIpc) is 2.82. The number of nitrogens with one attached hydrogen (secondary N) is 3. The normalized spacial score (nSPS) is 14.1. The monoisotopic (exact) mass is 507 g/mol.